The Labute approximate surface area is 199 Å². The van der Waals surface area contributed by atoms with Gasteiger partial charge in [0, 0.05) is 29.9 Å². The van der Waals surface area contributed by atoms with Crippen LogP contribution < -0.4 is 4.74 Å². The zero-order valence-corrected chi connectivity index (χ0v) is 18.8. The fraction of sp³-hybridized carbons (Fsp3) is 0.0800. The molecule has 0 N–H and O–H groups in total. The van der Waals surface area contributed by atoms with Crippen LogP contribution in [-0.4, -0.2) is 29.7 Å². The first-order chi connectivity index (χ1) is 16.7. The summed E-state index contributed by atoms with van der Waals surface area (Å²) in [6, 6.07) is 17.8. The molecule has 0 radical (unpaired) electrons. The maximum atomic E-state index is 14.0. The van der Waals surface area contributed by atoms with Crippen LogP contribution in [-0.2, 0) is 13.2 Å². The average molecular weight is 471 g/mol. The number of hydrogen-bond donors (Lipinski definition) is 0. The van der Waals surface area contributed by atoms with Crippen molar-refractivity contribution >= 4 is 22.7 Å². The van der Waals surface area contributed by atoms with Gasteiger partial charge in [-0.15, -0.1) is 16.8 Å². The lowest BCUT2D eigenvalue weighted by Gasteiger charge is -2.11. The molecule has 34 heavy (non-hydrogen) atoms. The van der Waals surface area contributed by atoms with Gasteiger partial charge < -0.3 is 4.74 Å². The molecule has 0 fully saturated rings. The molecular formula is C25H19FN6OS. The summed E-state index contributed by atoms with van der Waals surface area (Å²) in [6.07, 6.45) is 5.19. The zero-order valence-electron chi connectivity index (χ0n) is 18.0. The molecule has 0 aliphatic carbocycles. The van der Waals surface area contributed by atoms with Crippen LogP contribution in [0.2, 0.25) is 0 Å². The molecule has 0 spiro atoms. The van der Waals surface area contributed by atoms with Crippen molar-refractivity contribution in [1.29, 1.82) is 0 Å². The largest absolute Gasteiger partial charge is 0.483 e. The molecule has 0 atom stereocenters. The molecule has 0 unspecified atom stereocenters. The van der Waals surface area contributed by atoms with Crippen molar-refractivity contribution in [3.05, 3.63) is 97.4 Å². The highest BCUT2D eigenvalue weighted by Crippen LogP contribution is 2.33. The third-order valence-corrected chi connectivity index (χ3v) is 5.96. The van der Waals surface area contributed by atoms with E-state index in [1.54, 1.807) is 36.7 Å². The van der Waals surface area contributed by atoms with E-state index in [9.17, 15) is 4.39 Å². The first-order valence-electron chi connectivity index (χ1n) is 10.5. The van der Waals surface area contributed by atoms with Gasteiger partial charge in [0.1, 0.15) is 11.6 Å². The number of allylic oxidation sites excluding steroid dienone is 1. The fourth-order valence-corrected chi connectivity index (χ4v) is 4.31. The summed E-state index contributed by atoms with van der Waals surface area (Å²) < 4.78 is 21.5. The predicted molar refractivity (Wildman–Crippen MR) is 128 cm³/mol. The van der Waals surface area contributed by atoms with Gasteiger partial charge in [0.2, 0.25) is 0 Å². The van der Waals surface area contributed by atoms with Crippen LogP contribution in [0.4, 0.5) is 4.39 Å². The van der Waals surface area contributed by atoms with Gasteiger partial charge in [-0.2, -0.15) is 0 Å². The molecule has 0 aliphatic heterocycles. The van der Waals surface area contributed by atoms with Gasteiger partial charge in [-0.1, -0.05) is 36.4 Å². The summed E-state index contributed by atoms with van der Waals surface area (Å²) in [5, 5.41) is 10.9. The van der Waals surface area contributed by atoms with E-state index in [4.69, 9.17) is 14.7 Å². The van der Waals surface area contributed by atoms with Crippen LogP contribution >= 0.6 is 11.8 Å². The predicted octanol–water partition coefficient (Wildman–Crippen LogP) is 5.34. The molecule has 5 aromatic rings. The number of benzene rings is 2. The molecule has 0 amide bonds. The van der Waals surface area contributed by atoms with Crippen LogP contribution in [0.1, 0.15) is 5.82 Å². The Morgan fingerprint density at radius 3 is 2.68 bits per heavy atom. The number of ether oxygens (including phenoxy) is 1. The molecule has 2 aromatic carbocycles. The lowest BCUT2D eigenvalue weighted by molar-refractivity contribution is 0.275. The highest BCUT2D eigenvalue weighted by Gasteiger charge is 2.17. The highest BCUT2D eigenvalue weighted by atomic mass is 32.2. The molecule has 3 aromatic heterocycles. The number of para-hydroxylation sites is 2. The van der Waals surface area contributed by atoms with Gasteiger partial charge in [-0.3, -0.25) is 9.55 Å². The maximum Gasteiger partial charge on any atom is 0.197 e. The Bertz CT molecular complexity index is 1460. The van der Waals surface area contributed by atoms with Crippen molar-refractivity contribution in [2.75, 3.05) is 0 Å². The minimum Gasteiger partial charge on any atom is -0.483 e. The summed E-state index contributed by atoms with van der Waals surface area (Å²) in [6.45, 7) is 4.37. The van der Waals surface area contributed by atoms with Gasteiger partial charge in [0.25, 0.3) is 0 Å². The van der Waals surface area contributed by atoms with Gasteiger partial charge in [0.15, 0.2) is 28.4 Å². The van der Waals surface area contributed by atoms with Crippen molar-refractivity contribution in [1.82, 2.24) is 29.7 Å². The number of nitrogens with zero attached hydrogens (tertiary/aromatic N) is 6. The average Bonchev–Trinajstić information content (AvgIpc) is 3.25. The van der Waals surface area contributed by atoms with E-state index in [-0.39, 0.29) is 12.4 Å². The fourth-order valence-electron chi connectivity index (χ4n) is 3.35. The molecule has 0 bridgehead atoms. The number of rotatable bonds is 8. The highest BCUT2D eigenvalue weighted by molar-refractivity contribution is 7.99. The van der Waals surface area contributed by atoms with Gasteiger partial charge in [0.05, 0.1) is 5.52 Å². The molecule has 0 aliphatic rings. The van der Waals surface area contributed by atoms with E-state index in [2.05, 4.69) is 21.8 Å². The van der Waals surface area contributed by atoms with Gasteiger partial charge >= 0.3 is 0 Å². The Kier molecular flexibility index (Phi) is 6.26. The Hall–Kier alpha value is -4.11. The van der Waals surface area contributed by atoms with E-state index in [0.717, 1.165) is 21.5 Å². The third kappa shape index (κ3) is 4.51. The first kappa shape index (κ1) is 21.7. The quantitative estimate of drug-likeness (QED) is 0.224. The second-order valence-electron chi connectivity index (χ2n) is 7.23. The summed E-state index contributed by atoms with van der Waals surface area (Å²) in [7, 11) is 0. The number of aromatic nitrogens is 6. The van der Waals surface area contributed by atoms with Crippen LogP contribution in [0.5, 0.6) is 5.75 Å². The summed E-state index contributed by atoms with van der Waals surface area (Å²) >= 11 is 1.38. The van der Waals surface area contributed by atoms with E-state index in [1.807, 2.05) is 41.0 Å². The molecule has 5 rings (SSSR count). The topological polar surface area (TPSA) is 78.6 Å². The number of fused-ring (bicyclic) bond motifs is 1. The van der Waals surface area contributed by atoms with Crippen LogP contribution in [0.15, 0.2) is 95.9 Å². The zero-order chi connectivity index (χ0) is 23.3. The minimum atomic E-state index is -0.428. The van der Waals surface area contributed by atoms with Crippen molar-refractivity contribution in [3.63, 3.8) is 0 Å². The van der Waals surface area contributed by atoms with Crippen molar-refractivity contribution in [2.24, 2.45) is 0 Å². The second-order valence-corrected chi connectivity index (χ2v) is 8.19. The second kappa shape index (κ2) is 9.80. The number of pyridine rings is 1. The van der Waals surface area contributed by atoms with Gasteiger partial charge in [-0.05, 0) is 42.1 Å². The molecule has 9 heteroatoms. The maximum absolute atomic E-state index is 14.0. The van der Waals surface area contributed by atoms with E-state index >= 15 is 0 Å². The lowest BCUT2D eigenvalue weighted by Crippen LogP contribution is -2.08. The molecular weight excluding hydrogens is 451 g/mol. The molecule has 3 heterocycles. The van der Waals surface area contributed by atoms with Crippen molar-refractivity contribution in [2.45, 2.75) is 23.3 Å². The van der Waals surface area contributed by atoms with Crippen LogP contribution in [0, 0.1) is 5.82 Å². The number of halogens is 1. The Balaban J connectivity index is 1.50. The van der Waals surface area contributed by atoms with Gasteiger partial charge in [-0.25, -0.2) is 14.4 Å². The molecule has 168 valence electrons. The Morgan fingerprint density at radius 2 is 1.85 bits per heavy atom. The lowest BCUT2D eigenvalue weighted by atomic mass is 10.2. The molecule has 0 saturated heterocycles. The Morgan fingerprint density at radius 1 is 1.00 bits per heavy atom. The summed E-state index contributed by atoms with van der Waals surface area (Å²) in [4.78, 5) is 13.7. The standard InChI is InChI=1S/C25H19FN6OS/c1-2-14-32-22(16-33-21-12-6-4-10-19(21)26)30-31-25(32)34-24-18-9-3-5-11-20(18)28-23(29-24)17-8-7-13-27-15-17/h2-13,15H,1,14,16H2. The summed E-state index contributed by atoms with van der Waals surface area (Å²) in [5.74, 6) is 0.860. The minimum absolute atomic E-state index is 0.0633. The van der Waals surface area contributed by atoms with Crippen molar-refractivity contribution in [3.8, 4) is 17.1 Å². The van der Waals surface area contributed by atoms with E-state index < -0.39 is 5.82 Å². The van der Waals surface area contributed by atoms with E-state index in [1.165, 1.54) is 17.8 Å². The molecule has 0 saturated carbocycles. The van der Waals surface area contributed by atoms with Crippen LogP contribution in [0.3, 0.4) is 0 Å². The molecule has 7 nitrogen and oxygen atoms in total. The summed E-state index contributed by atoms with van der Waals surface area (Å²) in [5.41, 5.74) is 1.64. The monoisotopic (exact) mass is 470 g/mol. The SMILES string of the molecule is C=CCn1c(COc2ccccc2F)nnc1Sc1nc(-c2cccnc2)nc2ccccc12. The number of hydrogen-bond acceptors (Lipinski definition) is 7. The van der Waals surface area contributed by atoms with E-state index in [0.29, 0.717) is 23.4 Å². The normalized spacial score (nSPS) is 11.0. The first-order valence-corrected chi connectivity index (χ1v) is 11.3. The van der Waals surface area contributed by atoms with Crippen molar-refractivity contribution < 1.29 is 9.13 Å². The van der Waals surface area contributed by atoms with Crippen LogP contribution in [0.25, 0.3) is 22.3 Å². The smallest absolute Gasteiger partial charge is 0.197 e. The third-order valence-electron chi connectivity index (χ3n) is 4.97.